The van der Waals surface area contributed by atoms with E-state index in [9.17, 15) is 0 Å². The van der Waals surface area contributed by atoms with Crippen molar-refractivity contribution in [1.29, 1.82) is 5.26 Å². The van der Waals surface area contributed by atoms with Crippen LogP contribution in [0.2, 0.25) is 0 Å². The minimum atomic E-state index is -0.125. The molecule has 0 amide bonds. The van der Waals surface area contributed by atoms with Gasteiger partial charge in [-0.3, -0.25) is 0 Å². The molecule has 4 nitrogen and oxygen atoms in total. The number of nitrogens with zero attached hydrogens (tertiary/aromatic N) is 1. The fraction of sp³-hybridized carbons (Fsp3) is 0.500. The van der Waals surface area contributed by atoms with Gasteiger partial charge in [-0.25, -0.2) is 5.26 Å². The fourth-order valence-electron chi connectivity index (χ4n) is 0. The predicted molar refractivity (Wildman–Crippen MR) is 22.0 cm³/mol. The molecule has 0 saturated heterocycles. The van der Waals surface area contributed by atoms with Crippen molar-refractivity contribution in [2.75, 3.05) is 6.54 Å². The van der Waals surface area contributed by atoms with Gasteiger partial charge in [0.05, 0.1) is 0 Å². The van der Waals surface area contributed by atoms with Crippen LogP contribution in [0.3, 0.4) is 0 Å². The van der Waals surface area contributed by atoms with Gasteiger partial charge in [-0.05, 0) is 0 Å². The molecule has 0 rings (SSSR count). The van der Waals surface area contributed by atoms with Crippen LogP contribution in [0, 0.1) is 11.3 Å². The third-order valence-electron chi connectivity index (χ3n) is 0.0791. The fourth-order valence-corrected chi connectivity index (χ4v) is 0. The van der Waals surface area contributed by atoms with Crippen LogP contribution in [-0.4, -0.2) is 17.5 Å². The largest absolute Gasteiger partial charge is 0.665 e. The average Bonchev–Trinajstić information content (AvgIpc) is 1.37. The molecule has 0 heterocycles. The first kappa shape index (κ1) is 33.6. The molecule has 0 fully saturated rings. The van der Waals surface area contributed by atoms with Crippen LogP contribution >= 0.6 is 0 Å². The second-order valence-electron chi connectivity index (χ2n) is 0.335. The van der Waals surface area contributed by atoms with Gasteiger partial charge in [0.2, 0.25) is 0 Å². The molecular formula is C2H7N2O2Y2-. The summed E-state index contributed by atoms with van der Waals surface area (Å²) >= 11 is 0. The van der Waals surface area contributed by atoms with Gasteiger partial charge in [-0.2, -0.15) is 0 Å². The summed E-state index contributed by atoms with van der Waals surface area (Å²) in [4.78, 5) is 0. The second-order valence-corrected chi connectivity index (χ2v) is 0.335. The van der Waals surface area contributed by atoms with Crippen molar-refractivity contribution in [1.82, 2.24) is 0 Å². The Labute approximate surface area is 98.6 Å². The molecule has 5 N–H and O–H groups in total. The Balaban J connectivity index is -0.00000000750. The molecule has 6 heteroatoms. The van der Waals surface area contributed by atoms with Crippen molar-refractivity contribution < 1.29 is 76.4 Å². The van der Waals surface area contributed by atoms with Crippen molar-refractivity contribution in [3.63, 3.8) is 0 Å². The zero-order valence-electron chi connectivity index (χ0n) is 4.31. The predicted octanol–water partition coefficient (Wildman–Crippen LogP) is -1.09. The molecule has 0 atom stereocenters. The third kappa shape index (κ3) is 49.3. The van der Waals surface area contributed by atoms with E-state index in [2.05, 4.69) is 0 Å². The molecule has 0 spiro atoms. The van der Waals surface area contributed by atoms with Crippen molar-refractivity contribution in [3.8, 4) is 6.07 Å². The number of nitrogens with one attached hydrogen (secondary N) is 1. The van der Waals surface area contributed by atoms with E-state index in [0.717, 1.165) is 0 Å². The zero-order chi connectivity index (χ0) is 3.41. The Morgan fingerprint density at radius 3 is 1.38 bits per heavy atom. The quantitative estimate of drug-likeness (QED) is 0.511. The van der Waals surface area contributed by atoms with Gasteiger partial charge in [0.15, 0.2) is 0 Å². The standard InChI is InChI=1S/C2H3N2.2H2O.2Y/c3-1-2-4;;;;/h3H,1H2;2*1H2;;/q-1;;;;. The molecule has 8 heavy (non-hydrogen) atoms. The summed E-state index contributed by atoms with van der Waals surface area (Å²) in [5.41, 5.74) is 6.09. The van der Waals surface area contributed by atoms with Gasteiger partial charge in [0.1, 0.15) is 0 Å². The van der Waals surface area contributed by atoms with Crippen LogP contribution in [0.15, 0.2) is 0 Å². The van der Waals surface area contributed by atoms with Crippen LogP contribution in [0.25, 0.3) is 5.73 Å². The zero-order valence-corrected chi connectivity index (χ0v) is 9.99. The molecule has 0 aliphatic carbocycles. The maximum Gasteiger partial charge on any atom is 0.0394 e. The van der Waals surface area contributed by atoms with E-state index in [1.807, 2.05) is 0 Å². The Morgan fingerprint density at radius 2 is 1.38 bits per heavy atom. The molecule has 0 unspecified atom stereocenters. The van der Waals surface area contributed by atoms with E-state index < -0.39 is 0 Å². The molecule has 0 aromatic heterocycles. The van der Waals surface area contributed by atoms with Gasteiger partial charge in [0.25, 0.3) is 0 Å². The maximum atomic E-state index is 7.44. The number of hydrogen-bond donors (Lipinski definition) is 0. The second kappa shape index (κ2) is 38.5. The molecule has 0 saturated carbocycles. The molecule has 2 radical (unpaired) electrons. The van der Waals surface area contributed by atoms with E-state index in [4.69, 9.17) is 11.0 Å². The van der Waals surface area contributed by atoms with Gasteiger partial charge in [-0.15, -0.1) is 0 Å². The van der Waals surface area contributed by atoms with Crippen LogP contribution < -0.4 is 0 Å². The topological polar surface area (TPSA) is 111 Å². The van der Waals surface area contributed by atoms with E-state index >= 15 is 0 Å². The minimum absolute atomic E-state index is 0. The van der Waals surface area contributed by atoms with E-state index in [1.165, 1.54) is 0 Å². The molecule has 0 aliphatic heterocycles. The summed E-state index contributed by atoms with van der Waals surface area (Å²) < 4.78 is 0. The average molecular weight is 269 g/mol. The van der Waals surface area contributed by atoms with Gasteiger partial charge in [0, 0.05) is 71.5 Å². The first-order chi connectivity index (χ1) is 1.91. The van der Waals surface area contributed by atoms with E-state index in [-0.39, 0.29) is 82.9 Å². The summed E-state index contributed by atoms with van der Waals surface area (Å²) in [6, 6.07) is 1.60. The summed E-state index contributed by atoms with van der Waals surface area (Å²) in [6.07, 6.45) is 0. The van der Waals surface area contributed by atoms with Crippen LogP contribution in [0.4, 0.5) is 0 Å². The monoisotopic (exact) mass is 269 g/mol. The van der Waals surface area contributed by atoms with Crippen molar-refractivity contribution in [2.24, 2.45) is 0 Å². The van der Waals surface area contributed by atoms with E-state index in [0.29, 0.717) is 0 Å². The summed E-state index contributed by atoms with van der Waals surface area (Å²) in [5, 5.41) is 7.44. The Bertz CT molecular complexity index is 45.8. The van der Waals surface area contributed by atoms with E-state index in [1.54, 1.807) is 6.07 Å². The van der Waals surface area contributed by atoms with Gasteiger partial charge >= 0.3 is 0 Å². The Morgan fingerprint density at radius 1 is 1.25 bits per heavy atom. The SMILES string of the molecule is N#CC[NH-].O.O.[Y].[Y]. The minimum Gasteiger partial charge on any atom is -0.665 e. The first-order valence-electron chi connectivity index (χ1n) is 0.931. The Kier molecular flexibility index (Phi) is 162. The molecule has 0 aliphatic rings. The van der Waals surface area contributed by atoms with Gasteiger partial charge in [-0.1, -0.05) is 6.54 Å². The molecular weight excluding hydrogens is 262 g/mol. The van der Waals surface area contributed by atoms with Crippen LogP contribution in [0.5, 0.6) is 0 Å². The molecule has 0 aromatic rings. The number of nitriles is 1. The smallest absolute Gasteiger partial charge is 0.0394 e. The molecule has 0 aromatic carbocycles. The number of rotatable bonds is 0. The van der Waals surface area contributed by atoms with Crippen LogP contribution in [-0.2, 0) is 65.4 Å². The Hall–Kier alpha value is 1.58. The van der Waals surface area contributed by atoms with Gasteiger partial charge < -0.3 is 16.7 Å². The molecule has 44 valence electrons. The third-order valence-corrected chi connectivity index (χ3v) is 0.0791. The molecule has 0 bridgehead atoms. The summed E-state index contributed by atoms with van der Waals surface area (Å²) in [7, 11) is 0. The first-order valence-corrected chi connectivity index (χ1v) is 0.931. The normalized spacial score (nSPS) is 2.50. The summed E-state index contributed by atoms with van der Waals surface area (Å²) in [6.45, 7) is -0.125. The summed E-state index contributed by atoms with van der Waals surface area (Å²) in [5.74, 6) is 0. The van der Waals surface area contributed by atoms with Crippen LogP contribution in [0.1, 0.15) is 0 Å². The maximum absolute atomic E-state index is 7.44. The number of hydrogen-bond acceptors (Lipinski definition) is 1. The van der Waals surface area contributed by atoms with Crippen molar-refractivity contribution in [2.45, 2.75) is 0 Å². The van der Waals surface area contributed by atoms with Crippen molar-refractivity contribution >= 4 is 0 Å². The van der Waals surface area contributed by atoms with Crippen molar-refractivity contribution in [3.05, 3.63) is 5.73 Å².